The van der Waals surface area contributed by atoms with E-state index in [0.717, 1.165) is 17.0 Å². The van der Waals surface area contributed by atoms with Crippen molar-refractivity contribution in [3.8, 4) is 11.5 Å². The quantitative estimate of drug-likeness (QED) is 0.297. The van der Waals surface area contributed by atoms with Gasteiger partial charge in [0.05, 0.1) is 36.1 Å². The van der Waals surface area contributed by atoms with Gasteiger partial charge in [0, 0.05) is 24.5 Å². The third-order valence-corrected chi connectivity index (χ3v) is 5.43. The number of nitrogens with zero attached hydrogens (tertiary/aromatic N) is 2. The summed E-state index contributed by atoms with van der Waals surface area (Å²) in [7, 11) is 0. The van der Waals surface area contributed by atoms with Crippen LogP contribution in [0.2, 0.25) is 0 Å². The number of aliphatic hydroxyl groups is 1. The smallest absolute Gasteiger partial charge is 0.300 e. The van der Waals surface area contributed by atoms with E-state index in [1.807, 2.05) is 6.92 Å². The Morgan fingerprint density at radius 2 is 1.83 bits per heavy atom. The van der Waals surface area contributed by atoms with Gasteiger partial charge in [-0.25, -0.2) is 8.78 Å². The highest BCUT2D eigenvalue weighted by Crippen LogP contribution is 2.44. The molecule has 1 N–H and O–H groups in total. The number of halogens is 2. The molecule has 0 bridgehead atoms. The normalized spacial score (nSPS) is 17.0. The van der Waals surface area contributed by atoms with Crippen molar-refractivity contribution >= 4 is 23.1 Å². The van der Waals surface area contributed by atoms with E-state index in [1.54, 1.807) is 31.2 Å². The minimum absolute atomic E-state index is 0.154. The standard InChI is InChI=1S/C26H22F2N2O5/c1-3-34-17-8-9-18(21(13-17)35-4-2)24(31)22-23(15-6-5-11-29-14-15)30(26(33)25(22)32)20-10-7-16(27)12-19(20)28/h5-14,23,31H,3-4H2,1-2H3/b24-22-. The first-order chi connectivity index (χ1) is 16.9. The number of benzene rings is 2. The van der Waals surface area contributed by atoms with E-state index in [1.165, 1.54) is 18.5 Å². The molecule has 1 unspecified atom stereocenters. The lowest BCUT2D eigenvalue weighted by molar-refractivity contribution is -0.132. The first-order valence-corrected chi connectivity index (χ1v) is 10.9. The zero-order valence-electron chi connectivity index (χ0n) is 19.0. The fourth-order valence-corrected chi connectivity index (χ4v) is 3.99. The number of ether oxygens (including phenoxy) is 2. The number of ketones is 1. The lowest BCUT2D eigenvalue weighted by Crippen LogP contribution is -2.30. The lowest BCUT2D eigenvalue weighted by atomic mass is 9.95. The van der Waals surface area contributed by atoms with E-state index < -0.39 is 35.1 Å². The van der Waals surface area contributed by atoms with Crippen molar-refractivity contribution in [1.29, 1.82) is 0 Å². The number of Topliss-reactive ketones (excluding diaryl/α,β-unsaturated/α-hetero) is 1. The maximum Gasteiger partial charge on any atom is 0.300 e. The molecule has 1 aliphatic heterocycles. The van der Waals surface area contributed by atoms with Gasteiger partial charge in [0.2, 0.25) is 0 Å². The molecule has 7 nitrogen and oxygen atoms in total. The average molecular weight is 480 g/mol. The summed E-state index contributed by atoms with van der Waals surface area (Å²) in [6, 6.07) is 9.30. The van der Waals surface area contributed by atoms with Crippen LogP contribution in [0.3, 0.4) is 0 Å². The summed E-state index contributed by atoms with van der Waals surface area (Å²) in [4.78, 5) is 31.3. The van der Waals surface area contributed by atoms with E-state index >= 15 is 0 Å². The molecule has 3 aromatic rings. The molecule has 0 saturated carbocycles. The van der Waals surface area contributed by atoms with Gasteiger partial charge < -0.3 is 14.6 Å². The summed E-state index contributed by atoms with van der Waals surface area (Å²) in [6.07, 6.45) is 2.90. The number of rotatable bonds is 7. The Morgan fingerprint density at radius 1 is 1.06 bits per heavy atom. The minimum atomic E-state index is -1.22. The summed E-state index contributed by atoms with van der Waals surface area (Å²) >= 11 is 0. The van der Waals surface area contributed by atoms with Gasteiger partial charge in [0.15, 0.2) is 0 Å². The Bertz CT molecular complexity index is 1310. The van der Waals surface area contributed by atoms with Crippen molar-refractivity contribution in [2.24, 2.45) is 0 Å². The first kappa shape index (κ1) is 23.9. The van der Waals surface area contributed by atoms with Crippen LogP contribution in [0.4, 0.5) is 14.5 Å². The summed E-state index contributed by atoms with van der Waals surface area (Å²) in [5.41, 5.74) is -0.0855. The summed E-state index contributed by atoms with van der Waals surface area (Å²) in [5.74, 6) is -3.75. The summed E-state index contributed by atoms with van der Waals surface area (Å²) in [6.45, 7) is 4.24. The Labute approximate surface area is 200 Å². The zero-order valence-corrected chi connectivity index (χ0v) is 19.0. The second-order valence-corrected chi connectivity index (χ2v) is 7.58. The molecule has 35 heavy (non-hydrogen) atoms. The van der Waals surface area contributed by atoms with Gasteiger partial charge in [-0.05, 0) is 49.7 Å². The maximum absolute atomic E-state index is 14.8. The fourth-order valence-electron chi connectivity index (χ4n) is 3.99. The van der Waals surface area contributed by atoms with Gasteiger partial charge in [-0.2, -0.15) is 0 Å². The highest BCUT2D eigenvalue weighted by molar-refractivity contribution is 6.51. The van der Waals surface area contributed by atoms with E-state index in [0.29, 0.717) is 24.0 Å². The van der Waals surface area contributed by atoms with Crippen LogP contribution in [0.5, 0.6) is 11.5 Å². The molecular formula is C26H22F2N2O5. The molecule has 1 fully saturated rings. The van der Waals surface area contributed by atoms with E-state index in [4.69, 9.17) is 9.47 Å². The largest absolute Gasteiger partial charge is 0.507 e. The molecule has 1 atom stereocenters. The van der Waals surface area contributed by atoms with Crippen LogP contribution in [0.1, 0.15) is 31.0 Å². The number of aliphatic hydroxyl groups excluding tert-OH is 1. The van der Waals surface area contributed by atoms with Crippen molar-refractivity contribution in [2.45, 2.75) is 19.9 Å². The van der Waals surface area contributed by atoms with E-state index in [-0.39, 0.29) is 29.2 Å². The van der Waals surface area contributed by atoms with Crippen LogP contribution in [-0.4, -0.2) is 35.0 Å². The molecule has 0 spiro atoms. The molecule has 1 aromatic heterocycles. The number of amides is 1. The molecule has 2 heterocycles. The van der Waals surface area contributed by atoms with E-state index in [9.17, 15) is 23.5 Å². The van der Waals surface area contributed by atoms with E-state index in [2.05, 4.69) is 4.98 Å². The fraction of sp³-hybridized carbons (Fsp3) is 0.192. The molecule has 9 heteroatoms. The van der Waals surface area contributed by atoms with Crippen LogP contribution in [0, 0.1) is 11.6 Å². The van der Waals surface area contributed by atoms with Crippen molar-refractivity contribution < 1.29 is 33.0 Å². The maximum atomic E-state index is 14.8. The zero-order chi connectivity index (χ0) is 25.1. The molecule has 0 radical (unpaired) electrons. The number of hydrogen-bond donors (Lipinski definition) is 1. The van der Waals surface area contributed by atoms with Crippen LogP contribution >= 0.6 is 0 Å². The predicted molar refractivity (Wildman–Crippen MR) is 124 cm³/mol. The van der Waals surface area contributed by atoms with Crippen molar-refractivity contribution in [3.05, 3.63) is 89.3 Å². The van der Waals surface area contributed by atoms with Crippen LogP contribution in [0.25, 0.3) is 5.76 Å². The highest BCUT2D eigenvalue weighted by Gasteiger charge is 2.48. The Balaban J connectivity index is 1.95. The van der Waals surface area contributed by atoms with Crippen LogP contribution in [0.15, 0.2) is 66.5 Å². The van der Waals surface area contributed by atoms with Crippen LogP contribution < -0.4 is 14.4 Å². The molecule has 4 rings (SSSR count). The van der Waals surface area contributed by atoms with Gasteiger partial charge in [-0.1, -0.05) is 6.07 Å². The Morgan fingerprint density at radius 3 is 2.49 bits per heavy atom. The van der Waals surface area contributed by atoms with Crippen molar-refractivity contribution in [1.82, 2.24) is 4.98 Å². The van der Waals surface area contributed by atoms with Gasteiger partial charge in [-0.3, -0.25) is 19.5 Å². The van der Waals surface area contributed by atoms with Gasteiger partial charge in [-0.15, -0.1) is 0 Å². The van der Waals surface area contributed by atoms with Gasteiger partial charge >= 0.3 is 0 Å². The minimum Gasteiger partial charge on any atom is -0.507 e. The molecule has 0 aliphatic carbocycles. The van der Waals surface area contributed by atoms with Gasteiger partial charge in [0.1, 0.15) is 28.9 Å². The van der Waals surface area contributed by atoms with Crippen LogP contribution in [-0.2, 0) is 9.59 Å². The molecular weight excluding hydrogens is 458 g/mol. The third-order valence-electron chi connectivity index (χ3n) is 5.43. The molecule has 1 saturated heterocycles. The van der Waals surface area contributed by atoms with Crippen molar-refractivity contribution in [2.75, 3.05) is 18.1 Å². The molecule has 1 aliphatic rings. The highest BCUT2D eigenvalue weighted by atomic mass is 19.1. The number of carbonyl (C=O) groups is 2. The second-order valence-electron chi connectivity index (χ2n) is 7.58. The number of carbonyl (C=O) groups excluding carboxylic acids is 2. The van der Waals surface area contributed by atoms with Gasteiger partial charge in [0.25, 0.3) is 11.7 Å². The second kappa shape index (κ2) is 9.92. The Hall–Kier alpha value is -4.27. The molecule has 180 valence electrons. The predicted octanol–water partition coefficient (Wildman–Crippen LogP) is 4.78. The number of hydrogen-bond acceptors (Lipinski definition) is 6. The molecule has 1 amide bonds. The third kappa shape index (κ3) is 4.44. The lowest BCUT2D eigenvalue weighted by Gasteiger charge is -2.25. The SMILES string of the molecule is CCOc1ccc(/C(O)=C2/C(=O)C(=O)N(c3ccc(F)cc3F)C2c2cccnc2)c(OCC)c1. The summed E-state index contributed by atoms with van der Waals surface area (Å²) < 4.78 is 39.5. The monoisotopic (exact) mass is 480 g/mol. The topological polar surface area (TPSA) is 89.0 Å². The first-order valence-electron chi connectivity index (χ1n) is 10.9. The number of pyridine rings is 1. The number of anilines is 1. The molecule has 2 aromatic carbocycles. The Kier molecular flexibility index (Phi) is 6.77. The number of aromatic nitrogens is 1. The average Bonchev–Trinajstić information content (AvgIpc) is 3.10. The van der Waals surface area contributed by atoms with Crippen molar-refractivity contribution in [3.63, 3.8) is 0 Å². The summed E-state index contributed by atoms with van der Waals surface area (Å²) in [5, 5.41) is 11.3.